The monoisotopic (exact) mass is 235 g/mol. The van der Waals surface area contributed by atoms with Crippen molar-refractivity contribution >= 4 is 11.9 Å². The van der Waals surface area contributed by atoms with Crippen LogP contribution in [0.4, 0.5) is 0 Å². The standard InChI is InChI=1S/C10H15.C4H4O3/c1-7-2-9-4-8(1)5-10(3-7)6-9;5-3-1-2-4(6)7-3/h7-9H,1-6H2;1-2H2. The first-order valence-electron chi connectivity index (χ1n) is 6.76. The minimum absolute atomic E-state index is 0.263. The summed E-state index contributed by atoms with van der Waals surface area (Å²) in [5.74, 6) is 4.56. The third kappa shape index (κ3) is 2.53. The molecule has 0 N–H and O–H groups in total. The van der Waals surface area contributed by atoms with Gasteiger partial charge in [0, 0.05) is 0 Å². The van der Waals surface area contributed by atoms with Crippen LogP contribution in [0.2, 0.25) is 0 Å². The highest BCUT2D eigenvalue weighted by atomic mass is 16.6. The SMILES string of the molecule is C1[C]2CC3CC1CC(C2)C3.O=C1CCC(=O)O1. The van der Waals surface area contributed by atoms with Gasteiger partial charge in [-0.25, -0.2) is 0 Å². The van der Waals surface area contributed by atoms with Crippen molar-refractivity contribution in [1.82, 2.24) is 0 Å². The van der Waals surface area contributed by atoms with E-state index in [1.54, 1.807) is 19.3 Å². The maximum atomic E-state index is 10.0. The highest BCUT2D eigenvalue weighted by molar-refractivity contribution is 5.92. The molecule has 3 nitrogen and oxygen atoms in total. The van der Waals surface area contributed by atoms with Crippen molar-refractivity contribution in [3.05, 3.63) is 5.92 Å². The first kappa shape index (κ1) is 11.2. The van der Waals surface area contributed by atoms with E-state index in [4.69, 9.17) is 0 Å². The lowest BCUT2D eigenvalue weighted by Crippen LogP contribution is -2.37. The fourth-order valence-electron chi connectivity index (χ4n) is 4.11. The van der Waals surface area contributed by atoms with E-state index in [1.165, 1.54) is 19.3 Å². The van der Waals surface area contributed by atoms with Crippen LogP contribution in [-0.2, 0) is 14.3 Å². The van der Waals surface area contributed by atoms with Crippen molar-refractivity contribution < 1.29 is 14.3 Å². The Labute approximate surface area is 102 Å². The summed E-state index contributed by atoms with van der Waals surface area (Å²) in [5, 5.41) is 0. The number of rotatable bonds is 0. The number of esters is 2. The zero-order valence-electron chi connectivity index (χ0n) is 10.1. The fourth-order valence-corrected chi connectivity index (χ4v) is 4.11. The lowest BCUT2D eigenvalue weighted by atomic mass is 9.56. The predicted octanol–water partition coefficient (Wildman–Crippen LogP) is 2.64. The Balaban J connectivity index is 0.000000115. The summed E-state index contributed by atoms with van der Waals surface area (Å²) >= 11 is 0. The number of carbonyl (C=O) groups excluding carboxylic acids is 2. The largest absolute Gasteiger partial charge is 0.393 e. The topological polar surface area (TPSA) is 43.4 Å². The highest BCUT2D eigenvalue weighted by Gasteiger charge is 2.42. The third-order valence-corrected chi connectivity index (χ3v) is 4.49. The average molecular weight is 235 g/mol. The molecule has 4 aliphatic carbocycles. The number of carbonyl (C=O) groups is 2. The van der Waals surface area contributed by atoms with Crippen LogP contribution in [-0.4, -0.2) is 11.9 Å². The van der Waals surface area contributed by atoms with Crippen LogP contribution < -0.4 is 0 Å². The zero-order valence-corrected chi connectivity index (χ0v) is 10.1. The summed E-state index contributed by atoms with van der Waals surface area (Å²) in [5.41, 5.74) is 0. The molecule has 1 radical (unpaired) electrons. The van der Waals surface area contributed by atoms with Gasteiger partial charge in [-0.1, -0.05) is 0 Å². The molecular weight excluding hydrogens is 216 g/mol. The molecule has 5 fully saturated rings. The van der Waals surface area contributed by atoms with Crippen LogP contribution in [0.15, 0.2) is 0 Å². The van der Waals surface area contributed by atoms with Crippen molar-refractivity contribution in [2.24, 2.45) is 17.8 Å². The van der Waals surface area contributed by atoms with E-state index in [2.05, 4.69) is 4.74 Å². The second kappa shape index (κ2) is 4.43. The Bertz CT molecular complexity index is 264. The number of hydrogen-bond acceptors (Lipinski definition) is 3. The van der Waals surface area contributed by atoms with Gasteiger partial charge in [0.2, 0.25) is 0 Å². The van der Waals surface area contributed by atoms with Gasteiger partial charge in [0.1, 0.15) is 0 Å². The van der Waals surface area contributed by atoms with Gasteiger partial charge in [-0.05, 0) is 62.2 Å². The Kier molecular flexibility index (Phi) is 2.93. The Morgan fingerprint density at radius 2 is 1.18 bits per heavy atom. The summed E-state index contributed by atoms with van der Waals surface area (Å²) in [6.45, 7) is 0. The normalized spacial score (nSPS) is 38.9. The minimum Gasteiger partial charge on any atom is -0.393 e. The molecule has 1 aliphatic heterocycles. The highest BCUT2D eigenvalue weighted by Crippen LogP contribution is 2.54. The van der Waals surface area contributed by atoms with Gasteiger partial charge in [0.15, 0.2) is 0 Å². The molecule has 4 saturated carbocycles. The van der Waals surface area contributed by atoms with Gasteiger partial charge in [0.05, 0.1) is 12.8 Å². The van der Waals surface area contributed by atoms with Gasteiger partial charge in [-0.15, -0.1) is 0 Å². The lowest BCUT2D eigenvalue weighted by Gasteiger charge is -2.49. The maximum absolute atomic E-state index is 10.0. The number of hydrogen-bond donors (Lipinski definition) is 0. The molecule has 0 unspecified atom stereocenters. The van der Waals surface area contributed by atoms with E-state index < -0.39 is 11.9 Å². The summed E-state index contributed by atoms with van der Waals surface area (Å²) in [6, 6.07) is 0. The molecule has 17 heavy (non-hydrogen) atoms. The van der Waals surface area contributed by atoms with Crippen LogP contribution in [0.3, 0.4) is 0 Å². The maximum Gasteiger partial charge on any atom is 0.314 e. The van der Waals surface area contributed by atoms with E-state index in [1.807, 2.05) is 5.92 Å². The van der Waals surface area contributed by atoms with Crippen LogP contribution >= 0.6 is 0 Å². The molecule has 93 valence electrons. The van der Waals surface area contributed by atoms with Gasteiger partial charge < -0.3 is 4.74 Å². The van der Waals surface area contributed by atoms with E-state index >= 15 is 0 Å². The van der Waals surface area contributed by atoms with Crippen LogP contribution in [0.1, 0.15) is 51.4 Å². The minimum atomic E-state index is -0.398. The molecule has 0 spiro atoms. The third-order valence-electron chi connectivity index (χ3n) is 4.49. The molecule has 0 amide bonds. The first-order valence-corrected chi connectivity index (χ1v) is 6.76. The predicted molar refractivity (Wildman–Crippen MR) is 61.7 cm³/mol. The number of ether oxygens (including phenoxy) is 1. The second-order valence-corrected chi connectivity index (χ2v) is 6.01. The molecule has 4 bridgehead atoms. The first-order chi connectivity index (χ1) is 8.19. The number of cyclic esters (lactones) is 2. The Morgan fingerprint density at radius 1 is 0.765 bits per heavy atom. The van der Waals surface area contributed by atoms with Crippen molar-refractivity contribution in [3.8, 4) is 0 Å². The molecule has 5 aliphatic rings. The van der Waals surface area contributed by atoms with Gasteiger partial charge in [-0.2, -0.15) is 0 Å². The molecule has 0 aromatic rings. The molecule has 5 rings (SSSR count). The summed E-state index contributed by atoms with van der Waals surface area (Å²) < 4.78 is 4.08. The summed E-state index contributed by atoms with van der Waals surface area (Å²) in [7, 11) is 0. The zero-order chi connectivity index (χ0) is 11.8. The molecular formula is C14H19O3. The van der Waals surface area contributed by atoms with E-state index in [0.29, 0.717) is 0 Å². The van der Waals surface area contributed by atoms with Crippen molar-refractivity contribution in [2.75, 3.05) is 0 Å². The fraction of sp³-hybridized carbons (Fsp3) is 0.786. The molecule has 1 saturated heterocycles. The van der Waals surface area contributed by atoms with E-state index in [-0.39, 0.29) is 12.8 Å². The summed E-state index contributed by atoms with van der Waals surface area (Å²) in [4.78, 5) is 20.0. The van der Waals surface area contributed by atoms with Gasteiger partial charge in [-0.3, -0.25) is 9.59 Å². The van der Waals surface area contributed by atoms with Crippen molar-refractivity contribution in [1.29, 1.82) is 0 Å². The Morgan fingerprint density at radius 3 is 1.41 bits per heavy atom. The van der Waals surface area contributed by atoms with Gasteiger partial charge in [0.25, 0.3) is 0 Å². The Hall–Kier alpha value is -0.860. The summed E-state index contributed by atoms with van der Waals surface area (Å²) in [6.07, 6.45) is 9.84. The molecule has 1 heterocycles. The van der Waals surface area contributed by atoms with Crippen LogP contribution in [0.5, 0.6) is 0 Å². The van der Waals surface area contributed by atoms with E-state index in [9.17, 15) is 9.59 Å². The quantitative estimate of drug-likeness (QED) is 0.479. The van der Waals surface area contributed by atoms with Crippen LogP contribution in [0.25, 0.3) is 0 Å². The second-order valence-electron chi connectivity index (χ2n) is 6.01. The van der Waals surface area contributed by atoms with Gasteiger partial charge >= 0.3 is 11.9 Å². The average Bonchev–Trinajstić information content (AvgIpc) is 2.61. The lowest BCUT2D eigenvalue weighted by molar-refractivity contribution is -0.151. The molecule has 0 aromatic carbocycles. The molecule has 0 aromatic heterocycles. The van der Waals surface area contributed by atoms with Crippen molar-refractivity contribution in [3.63, 3.8) is 0 Å². The van der Waals surface area contributed by atoms with Crippen molar-refractivity contribution in [2.45, 2.75) is 51.4 Å². The van der Waals surface area contributed by atoms with E-state index in [0.717, 1.165) is 17.8 Å². The molecule has 3 heteroatoms. The molecule has 0 atom stereocenters. The smallest absolute Gasteiger partial charge is 0.314 e. The van der Waals surface area contributed by atoms with Crippen LogP contribution in [0, 0.1) is 23.7 Å².